The Kier molecular flexibility index (Phi) is 5.28. The highest BCUT2D eigenvalue weighted by Gasteiger charge is 2.17. The van der Waals surface area contributed by atoms with Crippen molar-refractivity contribution >= 4 is 38.9 Å². The largest absolute Gasteiger partial charge is 0.497 e. The van der Waals surface area contributed by atoms with Crippen LogP contribution in [-0.4, -0.2) is 13.7 Å². The minimum Gasteiger partial charge on any atom is -0.497 e. The number of hydrogen-bond acceptors (Lipinski definition) is 3. The van der Waals surface area contributed by atoms with Crippen molar-refractivity contribution in [2.45, 2.75) is 13.0 Å². The molecule has 1 heterocycles. The van der Waals surface area contributed by atoms with E-state index in [4.69, 9.17) is 16.3 Å². The van der Waals surface area contributed by atoms with Gasteiger partial charge in [-0.05, 0) is 46.2 Å². The van der Waals surface area contributed by atoms with E-state index in [1.807, 2.05) is 12.1 Å². The van der Waals surface area contributed by atoms with Gasteiger partial charge in [-0.3, -0.25) is 0 Å². The highest BCUT2D eigenvalue weighted by molar-refractivity contribution is 9.10. The van der Waals surface area contributed by atoms with Gasteiger partial charge in [-0.1, -0.05) is 30.7 Å². The molecule has 1 unspecified atom stereocenters. The third kappa shape index (κ3) is 3.51. The molecule has 0 bridgehead atoms. The number of nitrogens with one attached hydrogen (secondary N) is 1. The number of ether oxygens (including phenoxy) is 1. The molecule has 1 N–H and O–H groups in total. The van der Waals surface area contributed by atoms with Gasteiger partial charge in [0.15, 0.2) is 0 Å². The van der Waals surface area contributed by atoms with Crippen LogP contribution in [0.15, 0.2) is 34.8 Å². The fraction of sp³-hybridized carbons (Fsp3) is 0.286. The van der Waals surface area contributed by atoms with Gasteiger partial charge in [0.05, 0.1) is 13.2 Å². The van der Waals surface area contributed by atoms with Gasteiger partial charge in [0.2, 0.25) is 0 Å². The molecule has 2 aromatic rings. The fourth-order valence-electron chi connectivity index (χ4n) is 1.89. The van der Waals surface area contributed by atoms with E-state index >= 15 is 0 Å². The second-order valence-electron chi connectivity index (χ2n) is 4.03. The second-order valence-corrected chi connectivity index (χ2v) is 6.57. The zero-order chi connectivity index (χ0) is 13.8. The number of methoxy groups -OCH3 is 1. The zero-order valence-electron chi connectivity index (χ0n) is 10.7. The quantitative estimate of drug-likeness (QED) is 0.821. The molecule has 2 nitrogen and oxygen atoms in total. The van der Waals surface area contributed by atoms with E-state index in [0.29, 0.717) is 0 Å². The van der Waals surface area contributed by atoms with Gasteiger partial charge in [-0.15, -0.1) is 11.3 Å². The Labute approximate surface area is 130 Å². The molecule has 0 saturated carbocycles. The highest BCUT2D eigenvalue weighted by atomic mass is 79.9. The molecule has 1 aromatic heterocycles. The Balaban J connectivity index is 2.33. The average molecular weight is 361 g/mol. The molecule has 0 aliphatic heterocycles. The Morgan fingerprint density at radius 2 is 2.05 bits per heavy atom. The summed E-state index contributed by atoms with van der Waals surface area (Å²) in [6.45, 7) is 2.99. The molecule has 102 valence electrons. The summed E-state index contributed by atoms with van der Waals surface area (Å²) in [5, 5.41) is 3.48. The Bertz CT molecular complexity index is 521. The summed E-state index contributed by atoms with van der Waals surface area (Å²) in [4.78, 5) is 1.20. The van der Waals surface area contributed by atoms with E-state index < -0.39 is 0 Å². The predicted octanol–water partition coefficient (Wildman–Crippen LogP) is 4.87. The van der Waals surface area contributed by atoms with Gasteiger partial charge in [0.25, 0.3) is 0 Å². The van der Waals surface area contributed by atoms with Gasteiger partial charge >= 0.3 is 0 Å². The van der Waals surface area contributed by atoms with Gasteiger partial charge in [-0.2, -0.15) is 0 Å². The van der Waals surface area contributed by atoms with E-state index in [0.717, 1.165) is 21.1 Å². The van der Waals surface area contributed by atoms with Gasteiger partial charge in [0, 0.05) is 9.35 Å². The van der Waals surface area contributed by atoms with Crippen molar-refractivity contribution in [3.8, 4) is 5.75 Å². The first-order valence-electron chi connectivity index (χ1n) is 5.97. The Morgan fingerprint density at radius 3 is 2.53 bits per heavy atom. The monoisotopic (exact) mass is 359 g/mol. The van der Waals surface area contributed by atoms with Crippen LogP contribution < -0.4 is 10.1 Å². The van der Waals surface area contributed by atoms with E-state index in [9.17, 15) is 0 Å². The number of hydrogen-bond donors (Lipinski definition) is 1. The maximum Gasteiger partial charge on any atom is 0.118 e. The first kappa shape index (κ1) is 14.9. The molecular weight excluding hydrogens is 346 g/mol. The van der Waals surface area contributed by atoms with Crippen LogP contribution in [0, 0.1) is 0 Å². The van der Waals surface area contributed by atoms with Crippen molar-refractivity contribution in [2.24, 2.45) is 0 Å². The standard InChI is InChI=1S/C14H15BrClNOS/c1-3-17-13(12-8-11(15)14(16)19-12)9-4-6-10(18-2)7-5-9/h4-8,13,17H,3H2,1-2H3. The molecular formula is C14H15BrClNOS. The van der Waals surface area contributed by atoms with Crippen LogP contribution >= 0.6 is 38.9 Å². The summed E-state index contributed by atoms with van der Waals surface area (Å²) in [5.41, 5.74) is 1.20. The van der Waals surface area contributed by atoms with Crippen molar-refractivity contribution in [1.82, 2.24) is 5.32 Å². The molecule has 19 heavy (non-hydrogen) atoms. The van der Waals surface area contributed by atoms with Crippen LogP contribution in [0.4, 0.5) is 0 Å². The van der Waals surface area contributed by atoms with Crippen LogP contribution in [-0.2, 0) is 0 Å². The van der Waals surface area contributed by atoms with E-state index in [1.165, 1.54) is 10.4 Å². The highest BCUT2D eigenvalue weighted by Crippen LogP contribution is 2.37. The molecule has 5 heteroatoms. The number of halogens is 2. The summed E-state index contributed by atoms with van der Waals surface area (Å²) >= 11 is 11.2. The lowest BCUT2D eigenvalue weighted by molar-refractivity contribution is 0.414. The zero-order valence-corrected chi connectivity index (χ0v) is 13.9. The van der Waals surface area contributed by atoms with E-state index in [1.54, 1.807) is 18.4 Å². The lowest BCUT2D eigenvalue weighted by Crippen LogP contribution is -2.20. The fourth-order valence-corrected chi connectivity index (χ4v) is 3.73. The van der Waals surface area contributed by atoms with Gasteiger partial charge < -0.3 is 10.1 Å². The van der Waals surface area contributed by atoms with Crippen molar-refractivity contribution < 1.29 is 4.74 Å². The molecule has 1 aromatic carbocycles. The molecule has 1 atom stereocenters. The van der Waals surface area contributed by atoms with Crippen LogP contribution in [0.2, 0.25) is 4.34 Å². The van der Waals surface area contributed by atoms with Crippen molar-refractivity contribution in [3.05, 3.63) is 49.6 Å². The summed E-state index contributed by atoms with van der Waals surface area (Å²) in [5.74, 6) is 0.865. The smallest absolute Gasteiger partial charge is 0.118 e. The molecule has 0 aliphatic rings. The third-order valence-electron chi connectivity index (χ3n) is 2.81. The lowest BCUT2D eigenvalue weighted by atomic mass is 10.1. The first-order chi connectivity index (χ1) is 9.15. The molecule has 0 amide bonds. The minimum absolute atomic E-state index is 0.157. The SMILES string of the molecule is CCNC(c1ccc(OC)cc1)c1cc(Br)c(Cl)s1. The number of benzene rings is 1. The maximum atomic E-state index is 6.13. The van der Waals surface area contributed by atoms with E-state index in [-0.39, 0.29) is 6.04 Å². The topological polar surface area (TPSA) is 21.3 Å². The van der Waals surface area contributed by atoms with Crippen molar-refractivity contribution in [3.63, 3.8) is 0 Å². The van der Waals surface area contributed by atoms with Crippen LogP contribution in [0.1, 0.15) is 23.4 Å². The average Bonchev–Trinajstić information content (AvgIpc) is 2.76. The van der Waals surface area contributed by atoms with Crippen molar-refractivity contribution in [2.75, 3.05) is 13.7 Å². The first-order valence-corrected chi connectivity index (χ1v) is 7.96. The van der Waals surface area contributed by atoms with Crippen LogP contribution in [0.3, 0.4) is 0 Å². The molecule has 0 aliphatic carbocycles. The van der Waals surface area contributed by atoms with Gasteiger partial charge in [-0.25, -0.2) is 0 Å². The molecule has 0 fully saturated rings. The minimum atomic E-state index is 0.157. The molecule has 0 radical (unpaired) electrons. The number of rotatable bonds is 5. The summed E-state index contributed by atoms with van der Waals surface area (Å²) in [6, 6.07) is 10.3. The second kappa shape index (κ2) is 6.75. The normalized spacial score (nSPS) is 12.4. The third-order valence-corrected chi connectivity index (χ3v) is 5.35. The predicted molar refractivity (Wildman–Crippen MR) is 85.5 cm³/mol. The van der Waals surface area contributed by atoms with Crippen LogP contribution in [0.25, 0.3) is 0 Å². The molecule has 0 spiro atoms. The lowest BCUT2D eigenvalue weighted by Gasteiger charge is -2.17. The number of thiophene rings is 1. The van der Waals surface area contributed by atoms with E-state index in [2.05, 4.69) is 46.4 Å². The van der Waals surface area contributed by atoms with Crippen molar-refractivity contribution in [1.29, 1.82) is 0 Å². The summed E-state index contributed by atoms with van der Waals surface area (Å²) < 4.78 is 6.92. The Morgan fingerprint density at radius 1 is 1.37 bits per heavy atom. The molecule has 0 saturated heterocycles. The Hall–Kier alpha value is -0.550. The molecule has 2 rings (SSSR count). The summed E-state index contributed by atoms with van der Waals surface area (Å²) in [6.07, 6.45) is 0. The maximum absolute atomic E-state index is 6.13. The summed E-state index contributed by atoms with van der Waals surface area (Å²) in [7, 11) is 1.67. The van der Waals surface area contributed by atoms with Crippen LogP contribution in [0.5, 0.6) is 5.75 Å². The van der Waals surface area contributed by atoms with Gasteiger partial charge in [0.1, 0.15) is 10.1 Å².